The number of hydrogen-bond donors (Lipinski definition) is 1. The van der Waals surface area contributed by atoms with Crippen molar-refractivity contribution in [1.82, 2.24) is 4.98 Å². The maximum Gasteiger partial charge on any atom is 0.408 e. The van der Waals surface area contributed by atoms with Crippen LogP contribution in [0, 0.1) is 0 Å². The predicted octanol–water partition coefficient (Wildman–Crippen LogP) is 1.16. The van der Waals surface area contributed by atoms with Gasteiger partial charge in [-0.2, -0.15) is 0 Å². The molecule has 0 amide bonds. The Morgan fingerprint density at radius 1 is 1.08 bits per heavy atom. The summed E-state index contributed by atoms with van der Waals surface area (Å²) in [4.78, 5) is 3.35. The Bertz CT molecular complexity index is 108. The van der Waals surface area contributed by atoms with Crippen LogP contribution in [0.5, 0.6) is 0 Å². The molecule has 0 radical (unpaired) electrons. The lowest BCUT2D eigenvalue weighted by atomic mass is 10.1. The van der Waals surface area contributed by atoms with Crippen LogP contribution in [0.3, 0.4) is 0 Å². The van der Waals surface area contributed by atoms with Gasteiger partial charge in [0.1, 0.15) is 0 Å². The van der Waals surface area contributed by atoms with Crippen LogP contribution in [-0.4, -0.2) is 28.2 Å². The van der Waals surface area contributed by atoms with Gasteiger partial charge in [0.2, 0.25) is 0 Å². The fraction of sp³-hybridized carbons (Fsp3) is 1.00. The van der Waals surface area contributed by atoms with Gasteiger partial charge in [-0.25, -0.2) is 0 Å². The van der Waals surface area contributed by atoms with E-state index in [2.05, 4.69) is 25.8 Å². The first kappa shape index (κ1) is 12.1. The minimum Gasteiger partial charge on any atom is -0.385 e. The van der Waals surface area contributed by atoms with Gasteiger partial charge >= 0.3 is 9.45 Å². The van der Waals surface area contributed by atoms with Crippen molar-refractivity contribution < 1.29 is 8.85 Å². The second-order valence-electron chi connectivity index (χ2n) is 3.64. The molecule has 0 aromatic rings. The lowest BCUT2D eigenvalue weighted by molar-refractivity contribution is 0.192. The third kappa shape index (κ3) is 6.79. The van der Waals surface area contributed by atoms with Crippen molar-refractivity contribution >= 4 is 9.45 Å². The minimum atomic E-state index is -1.61. The van der Waals surface area contributed by atoms with Gasteiger partial charge in [-0.1, -0.05) is 0 Å². The molecule has 0 fully saturated rings. The molecular formula is C8H21NO2Si. The van der Waals surface area contributed by atoms with Crippen molar-refractivity contribution in [2.24, 2.45) is 0 Å². The Kier molecular flexibility index (Phi) is 5.74. The molecule has 74 valence electrons. The summed E-state index contributed by atoms with van der Waals surface area (Å²) in [6.07, 6.45) is 0. The van der Waals surface area contributed by atoms with Crippen LogP contribution >= 0.6 is 0 Å². The molecule has 0 heterocycles. The topological polar surface area (TPSA) is 30.5 Å². The monoisotopic (exact) mass is 191 g/mol. The van der Waals surface area contributed by atoms with Gasteiger partial charge in [-0.05, 0) is 34.6 Å². The predicted molar refractivity (Wildman–Crippen MR) is 53.3 cm³/mol. The van der Waals surface area contributed by atoms with E-state index in [1.165, 1.54) is 0 Å². The fourth-order valence-corrected chi connectivity index (χ4v) is 2.36. The smallest absolute Gasteiger partial charge is 0.385 e. The average molecular weight is 191 g/mol. The molecule has 0 aliphatic heterocycles. The fourth-order valence-electron chi connectivity index (χ4n) is 0.788. The number of nitrogens with one attached hydrogen (secondary N) is 1. The van der Waals surface area contributed by atoms with Crippen molar-refractivity contribution in [2.75, 3.05) is 13.2 Å². The van der Waals surface area contributed by atoms with Crippen molar-refractivity contribution in [2.45, 2.75) is 40.2 Å². The Hall–Kier alpha value is 0.0969. The number of hydrogen-bond acceptors (Lipinski definition) is 3. The largest absolute Gasteiger partial charge is 0.408 e. The normalized spacial score (nSPS) is 12.5. The highest BCUT2D eigenvalue weighted by Gasteiger charge is 2.19. The summed E-state index contributed by atoms with van der Waals surface area (Å²) in [6, 6.07) is 0. The van der Waals surface area contributed by atoms with Gasteiger partial charge in [-0.15, -0.1) is 0 Å². The molecular weight excluding hydrogens is 170 g/mol. The molecule has 0 rings (SSSR count). The first-order chi connectivity index (χ1) is 5.49. The lowest BCUT2D eigenvalue weighted by Gasteiger charge is -2.26. The molecule has 0 aromatic carbocycles. The minimum absolute atomic E-state index is 0.0846. The highest BCUT2D eigenvalue weighted by atomic mass is 28.3. The summed E-state index contributed by atoms with van der Waals surface area (Å²) in [5.41, 5.74) is 0.0846. The van der Waals surface area contributed by atoms with E-state index in [9.17, 15) is 0 Å². The Morgan fingerprint density at radius 3 is 1.75 bits per heavy atom. The van der Waals surface area contributed by atoms with Crippen LogP contribution < -0.4 is 4.98 Å². The molecule has 0 aliphatic rings. The summed E-state index contributed by atoms with van der Waals surface area (Å²) < 4.78 is 10.9. The highest BCUT2D eigenvalue weighted by molar-refractivity contribution is 6.41. The van der Waals surface area contributed by atoms with Gasteiger partial charge in [0.15, 0.2) is 0 Å². The van der Waals surface area contributed by atoms with Crippen LogP contribution in [0.2, 0.25) is 0 Å². The summed E-state index contributed by atoms with van der Waals surface area (Å²) >= 11 is 0. The first-order valence-electron chi connectivity index (χ1n) is 4.50. The molecule has 0 aliphatic carbocycles. The van der Waals surface area contributed by atoms with E-state index in [-0.39, 0.29) is 5.54 Å². The van der Waals surface area contributed by atoms with E-state index < -0.39 is 9.45 Å². The summed E-state index contributed by atoms with van der Waals surface area (Å²) in [6.45, 7) is 11.8. The van der Waals surface area contributed by atoms with Gasteiger partial charge in [0.05, 0.1) is 0 Å². The summed E-state index contributed by atoms with van der Waals surface area (Å²) in [7, 11) is -1.61. The molecule has 0 spiro atoms. The highest BCUT2D eigenvalue weighted by Crippen LogP contribution is 2.00. The van der Waals surface area contributed by atoms with E-state index in [1.54, 1.807) is 0 Å². The second-order valence-corrected chi connectivity index (χ2v) is 5.26. The van der Waals surface area contributed by atoms with Gasteiger partial charge in [-0.3, -0.25) is 4.98 Å². The van der Waals surface area contributed by atoms with Crippen molar-refractivity contribution in [3.8, 4) is 0 Å². The molecule has 0 saturated carbocycles. The molecule has 4 heteroatoms. The van der Waals surface area contributed by atoms with E-state index in [4.69, 9.17) is 8.85 Å². The van der Waals surface area contributed by atoms with Gasteiger partial charge < -0.3 is 8.85 Å². The van der Waals surface area contributed by atoms with E-state index in [1.807, 2.05) is 13.8 Å². The SMILES string of the molecule is CCO[SiH](NC(C)(C)C)OCC. The maximum atomic E-state index is 5.46. The molecule has 0 unspecified atom stereocenters. The molecule has 0 saturated heterocycles. The average Bonchev–Trinajstić information content (AvgIpc) is 1.84. The molecule has 0 atom stereocenters. The number of rotatable bonds is 5. The zero-order valence-electron chi connectivity index (χ0n) is 8.81. The summed E-state index contributed by atoms with van der Waals surface area (Å²) in [5.74, 6) is 0. The third-order valence-electron chi connectivity index (χ3n) is 1.19. The van der Waals surface area contributed by atoms with E-state index in [0.717, 1.165) is 13.2 Å². The van der Waals surface area contributed by atoms with Crippen molar-refractivity contribution in [3.63, 3.8) is 0 Å². The Labute approximate surface area is 77.4 Å². The standard InChI is InChI=1S/C8H21NO2Si/c1-6-10-12(11-7-2)9-8(3,4)5/h9,12H,6-7H2,1-5H3. The lowest BCUT2D eigenvalue weighted by Crippen LogP contribution is -2.50. The maximum absolute atomic E-state index is 5.46. The van der Waals surface area contributed by atoms with Crippen LogP contribution in [-0.2, 0) is 8.85 Å². The van der Waals surface area contributed by atoms with E-state index >= 15 is 0 Å². The van der Waals surface area contributed by atoms with Crippen LogP contribution in [0.15, 0.2) is 0 Å². The second kappa shape index (κ2) is 5.69. The van der Waals surface area contributed by atoms with Crippen LogP contribution in [0.4, 0.5) is 0 Å². The van der Waals surface area contributed by atoms with Crippen molar-refractivity contribution in [1.29, 1.82) is 0 Å². The van der Waals surface area contributed by atoms with E-state index in [0.29, 0.717) is 0 Å². The van der Waals surface area contributed by atoms with Crippen molar-refractivity contribution in [3.05, 3.63) is 0 Å². The van der Waals surface area contributed by atoms with Crippen LogP contribution in [0.1, 0.15) is 34.6 Å². The zero-order valence-corrected chi connectivity index (χ0v) is 9.96. The molecule has 1 N–H and O–H groups in total. The van der Waals surface area contributed by atoms with Crippen LogP contribution in [0.25, 0.3) is 0 Å². The Balaban J connectivity index is 3.77. The Morgan fingerprint density at radius 2 is 1.50 bits per heavy atom. The zero-order chi connectivity index (χ0) is 9.61. The quantitative estimate of drug-likeness (QED) is 0.662. The first-order valence-corrected chi connectivity index (χ1v) is 6.02. The van der Waals surface area contributed by atoms with Gasteiger partial charge in [0, 0.05) is 18.8 Å². The molecule has 0 bridgehead atoms. The molecule has 12 heavy (non-hydrogen) atoms. The van der Waals surface area contributed by atoms with Gasteiger partial charge in [0.25, 0.3) is 0 Å². The molecule has 3 nitrogen and oxygen atoms in total. The molecule has 0 aromatic heterocycles. The third-order valence-corrected chi connectivity index (χ3v) is 3.56. The summed E-state index contributed by atoms with van der Waals surface area (Å²) in [5, 5.41) is 0.